The predicted octanol–water partition coefficient (Wildman–Crippen LogP) is 6.01. The van der Waals surface area contributed by atoms with Gasteiger partial charge in [0.05, 0.1) is 0 Å². The standard InChI is InChI=1S/C16H29ClO/c1-2-3-4-5-6-7-8-9-10-11-12-13-14-15-16(17)18/h13-14H,2-12,15H2,1H3. The quantitative estimate of drug-likeness (QED) is 0.228. The number of hydrogen-bond acceptors (Lipinski definition) is 1. The van der Waals surface area contributed by atoms with E-state index in [1.54, 1.807) is 0 Å². The molecule has 0 radical (unpaired) electrons. The van der Waals surface area contributed by atoms with E-state index >= 15 is 0 Å². The largest absolute Gasteiger partial charge is 0.281 e. The van der Waals surface area contributed by atoms with E-state index in [0.717, 1.165) is 6.42 Å². The van der Waals surface area contributed by atoms with Crippen LogP contribution in [-0.2, 0) is 4.79 Å². The van der Waals surface area contributed by atoms with Crippen LogP contribution in [0.5, 0.6) is 0 Å². The summed E-state index contributed by atoms with van der Waals surface area (Å²) in [4.78, 5) is 10.5. The van der Waals surface area contributed by atoms with Crippen molar-refractivity contribution in [1.82, 2.24) is 0 Å². The molecule has 0 aliphatic heterocycles. The molecular weight excluding hydrogens is 244 g/mol. The van der Waals surface area contributed by atoms with Crippen LogP contribution in [0, 0.1) is 0 Å². The normalized spacial score (nSPS) is 11.2. The molecule has 18 heavy (non-hydrogen) atoms. The Labute approximate surface area is 118 Å². The molecule has 0 bridgehead atoms. The van der Waals surface area contributed by atoms with Gasteiger partial charge in [-0.3, -0.25) is 4.79 Å². The van der Waals surface area contributed by atoms with E-state index in [1.165, 1.54) is 64.2 Å². The first-order valence-corrected chi connectivity index (χ1v) is 7.98. The Kier molecular flexibility index (Phi) is 14.5. The van der Waals surface area contributed by atoms with E-state index in [1.807, 2.05) is 6.08 Å². The minimum Gasteiger partial charge on any atom is -0.281 e. The lowest BCUT2D eigenvalue weighted by molar-refractivity contribution is -0.110. The van der Waals surface area contributed by atoms with E-state index in [0.29, 0.717) is 6.42 Å². The third kappa shape index (κ3) is 15.7. The number of allylic oxidation sites excluding steroid dienone is 2. The molecule has 0 spiro atoms. The van der Waals surface area contributed by atoms with Crippen molar-refractivity contribution in [2.45, 2.75) is 84.0 Å². The van der Waals surface area contributed by atoms with Gasteiger partial charge in [-0.2, -0.15) is 0 Å². The molecule has 0 amide bonds. The average Bonchev–Trinajstić information content (AvgIpc) is 2.34. The third-order valence-electron chi connectivity index (χ3n) is 3.17. The molecule has 0 saturated carbocycles. The zero-order chi connectivity index (χ0) is 13.5. The molecule has 0 unspecified atom stereocenters. The van der Waals surface area contributed by atoms with Crippen molar-refractivity contribution in [2.75, 3.05) is 0 Å². The summed E-state index contributed by atoms with van der Waals surface area (Å²) in [6.07, 6.45) is 19.1. The molecule has 0 rings (SSSR count). The van der Waals surface area contributed by atoms with Crippen molar-refractivity contribution in [3.05, 3.63) is 12.2 Å². The van der Waals surface area contributed by atoms with Gasteiger partial charge >= 0.3 is 0 Å². The highest BCUT2D eigenvalue weighted by atomic mass is 35.5. The highest BCUT2D eigenvalue weighted by Gasteiger charge is 1.92. The van der Waals surface area contributed by atoms with Crippen LogP contribution in [0.1, 0.15) is 84.0 Å². The maximum Gasteiger partial charge on any atom is 0.225 e. The average molecular weight is 273 g/mol. The molecule has 0 fully saturated rings. The molecule has 1 nitrogen and oxygen atoms in total. The molecule has 0 saturated heterocycles. The number of carbonyl (C=O) groups is 1. The van der Waals surface area contributed by atoms with E-state index in [9.17, 15) is 4.79 Å². The topological polar surface area (TPSA) is 17.1 Å². The van der Waals surface area contributed by atoms with Gasteiger partial charge < -0.3 is 0 Å². The Bertz CT molecular complexity index is 211. The summed E-state index contributed by atoms with van der Waals surface area (Å²) in [6, 6.07) is 0. The molecule has 0 heterocycles. The summed E-state index contributed by atoms with van der Waals surface area (Å²) in [7, 11) is 0. The van der Waals surface area contributed by atoms with Gasteiger partial charge in [0.2, 0.25) is 5.24 Å². The van der Waals surface area contributed by atoms with Gasteiger partial charge in [-0.05, 0) is 24.4 Å². The summed E-state index contributed by atoms with van der Waals surface area (Å²) < 4.78 is 0. The summed E-state index contributed by atoms with van der Waals surface area (Å²) in [5.41, 5.74) is 0. The van der Waals surface area contributed by atoms with Crippen molar-refractivity contribution in [3.8, 4) is 0 Å². The highest BCUT2D eigenvalue weighted by Crippen LogP contribution is 2.11. The van der Waals surface area contributed by atoms with Crippen molar-refractivity contribution < 1.29 is 4.79 Å². The zero-order valence-corrected chi connectivity index (χ0v) is 12.7. The maximum atomic E-state index is 10.5. The molecule has 0 aromatic heterocycles. The molecule has 0 atom stereocenters. The van der Waals surface area contributed by atoms with Gasteiger partial charge in [0, 0.05) is 6.42 Å². The fraction of sp³-hybridized carbons (Fsp3) is 0.812. The fourth-order valence-corrected chi connectivity index (χ4v) is 2.13. The monoisotopic (exact) mass is 272 g/mol. The SMILES string of the molecule is CCCCCCCCCCCCC=CCC(=O)Cl. The maximum absolute atomic E-state index is 10.5. The molecule has 0 aromatic rings. The number of carbonyl (C=O) groups excluding carboxylic acids is 1. The third-order valence-corrected chi connectivity index (χ3v) is 3.32. The number of rotatable bonds is 13. The van der Waals surface area contributed by atoms with Gasteiger partial charge in [0.15, 0.2) is 0 Å². The molecule has 0 N–H and O–H groups in total. The minimum atomic E-state index is -0.269. The molecule has 106 valence electrons. The van der Waals surface area contributed by atoms with Crippen molar-refractivity contribution in [2.24, 2.45) is 0 Å². The second kappa shape index (κ2) is 14.8. The van der Waals surface area contributed by atoms with Crippen LogP contribution in [-0.4, -0.2) is 5.24 Å². The lowest BCUT2D eigenvalue weighted by Crippen LogP contribution is -1.82. The molecule has 0 aliphatic rings. The van der Waals surface area contributed by atoms with Crippen molar-refractivity contribution >= 4 is 16.8 Å². The smallest absolute Gasteiger partial charge is 0.225 e. The van der Waals surface area contributed by atoms with Gasteiger partial charge in [-0.1, -0.05) is 76.9 Å². The van der Waals surface area contributed by atoms with Gasteiger partial charge in [-0.25, -0.2) is 0 Å². The van der Waals surface area contributed by atoms with Gasteiger partial charge in [0.25, 0.3) is 0 Å². The first-order valence-electron chi connectivity index (χ1n) is 7.60. The molecule has 2 heteroatoms. The Morgan fingerprint density at radius 3 is 1.83 bits per heavy atom. The van der Waals surface area contributed by atoms with Gasteiger partial charge in [0.1, 0.15) is 0 Å². The van der Waals surface area contributed by atoms with Crippen LogP contribution < -0.4 is 0 Å². The van der Waals surface area contributed by atoms with E-state index < -0.39 is 0 Å². The summed E-state index contributed by atoms with van der Waals surface area (Å²) >= 11 is 5.23. The van der Waals surface area contributed by atoms with Crippen LogP contribution in [0.25, 0.3) is 0 Å². The first-order chi connectivity index (χ1) is 8.77. The highest BCUT2D eigenvalue weighted by molar-refractivity contribution is 6.63. The number of halogens is 1. The first kappa shape index (κ1) is 17.7. The Hall–Kier alpha value is -0.300. The Morgan fingerprint density at radius 1 is 0.833 bits per heavy atom. The molecule has 0 aliphatic carbocycles. The van der Waals surface area contributed by atoms with Gasteiger partial charge in [-0.15, -0.1) is 0 Å². The summed E-state index contributed by atoms with van der Waals surface area (Å²) in [5.74, 6) is 0. The summed E-state index contributed by atoms with van der Waals surface area (Å²) in [6.45, 7) is 2.26. The van der Waals surface area contributed by atoms with Crippen molar-refractivity contribution in [3.63, 3.8) is 0 Å². The summed E-state index contributed by atoms with van der Waals surface area (Å²) in [5, 5.41) is -0.269. The lowest BCUT2D eigenvalue weighted by atomic mass is 10.1. The van der Waals surface area contributed by atoms with Crippen LogP contribution in [0.3, 0.4) is 0 Å². The predicted molar refractivity (Wildman–Crippen MR) is 81.1 cm³/mol. The lowest BCUT2D eigenvalue weighted by Gasteiger charge is -2.01. The Balaban J connectivity index is 3.03. The second-order valence-electron chi connectivity index (χ2n) is 5.00. The van der Waals surface area contributed by atoms with Crippen LogP contribution in [0.15, 0.2) is 12.2 Å². The molecule has 0 aromatic carbocycles. The molecular formula is C16H29ClO. The van der Waals surface area contributed by atoms with E-state index in [2.05, 4.69) is 13.0 Å². The fourth-order valence-electron chi connectivity index (χ4n) is 2.04. The second-order valence-corrected chi connectivity index (χ2v) is 5.42. The zero-order valence-electron chi connectivity index (χ0n) is 11.9. The number of hydrogen-bond donors (Lipinski definition) is 0. The minimum absolute atomic E-state index is 0.269. The Morgan fingerprint density at radius 2 is 1.33 bits per heavy atom. The number of unbranched alkanes of at least 4 members (excludes halogenated alkanes) is 10. The van der Waals surface area contributed by atoms with Crippen molar-refractivity contribution in [1.29, 1.82) is 0 Å². The van der Waals surface area contributed by atoms with Crippen LogP contribution >= 0.6 is 11.6 Å². The van der Waals surface area contributed by atoms with Crippen LogP contribution in [0.4, 0.5) is 0 Å². The van der Waals surface area contributed by atoms with Crippen LogP contribution in [0.2, 0.25) is 0 Å². The van der Waals surface area contributed by atoms with E-state index in [-0.39, 0.29) is 5.24 Å². The van der Waals surface area contributed by atoms with E-state index in [4.69, 9.17) is 11.6 Å².